The molecule has 0 aliphatic carbocycles. The number of carbonyl (C=O) groups excluding carboxylic acids is 1. The summed E-state index contributed by atoms with van der Waals surface area (Å²) in [5.41, 5.74) is 1.27. The van der Waals surface area contributed by atoms with Crippen LogP contribution in [0.25, 0.3) is 0 Å². The second-order valence-corrected chi connectivity index (χ2v) is 10.9. The summed E-state index contributed by atoms with van der Waals surface area (Å²) in [6, 6.07) is 13.2. The standard InChI is InChI=1S/C20H27N3O6S2/c1-22(30(3,25)26)17-10-7-9-16(15-17)21-20(24)13-8-14-23(31(4,27)28)18-11-5-6-12-19(18)29-2/h5-7,9-12,15H,8,13-14H2,1-4H3,(H,21,24). The summed E-state index contributed by atoms with van der Waals surface area (Å²) in [5.74, 6) is 0.108. The van der Waals surface area contributed by atoms with Gasteiger partial charge in [-0.15, -0.1) is 0 Å². The van der Waals surface area contributed by atoms with E-state index in [1.54, 1.807) is 48.5 Å². The van der Waals surface area contributed by atoms with Gasteiger partial charge in [0.25, 0.3) is 0 Å². The lowest BCUT2D eigenvalue weighted by atomic mass is 10.2. The zero-order valence-electron chi connectivity index (χ0n) is 17.9. The highest BCUT2D eigenvalue weighted by Crippen LogP contribution is 2.29. The number of methoxy groups -OCH3 is 1. The topological polar surface area (TPSA) is 113 Å². The molecule has 0 aromatic heterocycles. The van der Waals surface area contributed by atoms with Crippen LogP contribution in [0.4, 0.5) is 17.1 Å². The van der Waals surface area contributed by atoms with Crippen molar-refractivity contribution in [1.29, 1.82) is 0 Å². The highest BCUT2D eigenvalue weighted by molar-refractivity contribution is 7.92. The molecule has 170 valence electrons. The fourth-order valence-electron chi connectivity index (χ4n) is 2.88. The number of para-hydroxylation sites is 2. The van der Waals surface area contributed by atoms with E-state index >= 15 is 0 Å². The lowest BCUT2D eigenvalue weighted by Crippen LogP contribution is -2.31. The first-order chi connectivity index (χ1) is 14.4. The molecule has 0 fully saturated rings. The van der Waals surface area contributed by atoms with Gasteiger partial charge in [0.1, 0.15) is 5.75 Å². The van der Waals surface area contributed by atoms with Gasteiger partial charge < -0.3 is 10.1 Å². The van der Waals surface area contributed by atoms with Crippen LogP contribution in [0, 0.1) is 0 Å². The predicted octanol–water partition coefficient (Wildman–Crippen LogP) is 2.28. The molecular formula is C20H27N3O6S2. The summed E-state index contributed by atoms with van der Waals surface area (Å²) in [5, 5.41) is 2.71. The maximum absolute atomic E-state index is 12.3. The Hall–Kier alpha value is -2.79. The molecule has 1 N–H and O–H groups in total. The average molecular weight is 470 g/mol. The number of anilines is 3. The molecular weight excluding hydrogens is 442 g/mol. The molecule has 31 heavy (non-hydrogen) atoms. The number of nitrogens with one attached hydrogen (secondary N) is 1. The number of ether oxygens (including phenoxy) is 1. The Morgan fingerprint density at radius 3 is 2.29 bits per heavy atom. The summed E-state index contributed by atoms with van der Waals surface area (Å²) in [7, 11) is -4.12. The minimum absolute atomic E-state index is 0.0767. The third-order valence-electron chi connectivity index (χ3n) is 4.51. The van der Waals surface area contributed by atoms with Gasteiger partial charge in [0.2, 0.25) is 26.0 Å². The largest absolute Gasteiger partial charge is 0.495 e. The Labute approximate surface area is 183 Å². The summed E-state index contributed by atoms with van der Waals surface area (Å²) < 4.78 is 55.5. The van der Waals surface area contributed by atoms with Crippen LogP contribution < -0.4 is 18.7 Å². The van der Waals surface area contributed by atoms with Crippen molar-refractivity contribution in [2.75, 3.05) is 47.1 Å². The molecule has 2 aromatic carbocycles. The van der Waals surface area contributed by atoms with E-state index < -0.39 is 20.0 Å². The molecule has 0 aliphatic heterocycles. The van der Waals surface area contributed by atoms with Crippen molar-refractivity contribution >= 4 is 43.0 Å². The number of hydrogen-bond donors (Lipinski definition) is 1. The van der Waals surface area contributed by atoms with Crippen molar-refractivity contribution in [1.82, 2.24) is 0 Å². The molecule has 0 heterocycles. The fourth-order valence-corrected chi connectivity index (χ4v) is 4.34. The van der Waals surface area contributed by atoms with Crippen LogP contribution >= 0.6 is 0 Å². The Morgan fingerprint density at radius 2 is 1.68 bits per heavy atom. The molecule has 9 nitrogen and oxygen atoms in total. The molecule has 0 aliphatic rings. The maximum atomic E-state index is 12.3. The van der Waals surface area contributed by atoms with Gasteiger partial charge in [0, 0.05) is 25.7 Å². The van der Waals surface area contributed by atoms with Crippen LogP contribution in [0.5, 0.6) is 5.75 Å². The minimum Gasteiger partial charge on any atom is -0.495 e. The first kappa shape index (κ1) is 24.5. The number of hydrogen-bond acceptors (Lipinski definition) is 6. The highest BCUT2D eigenvalue weighted by atomic mass is 32.2. The van der Waals surface area contributed by atoms with Crippen LogP contribution in [-0.4, -0.2) is 56.0 Å². The van der Waals surface area contributed by atoms with Crippen molar-refractivity contribution in [3.05, 3.63) is 48.5 Å². The molecule has 0 radical (unpaired) electrons. The zero-order valence-corrected chi connectivity index (χ0v) is 19.5. The minimum atomic E-state index is -3.58. The quantitative estimate of drug-likeness (QED) is 0.571. The van der Waals surface area contributed by atoms with E-state index in [-0.39, 0.29) is 25.3 Å². The molecule has 11 heteroatoms. The Kier molecular flexibility index (Phi) is 7.91. The molecule has 1 amide bonds. The Balaban J connectivity index is 2.04. The molecule has 2 rings (SSSR count). The van der Waals surface area contributed by atoms with Gasteiger partial charge in [-0.1, -0.05) is 18.2 Å². The molecule has 2 aromatic rings. The van der Waals surface area contributed by atoms with Crippen molar-refractivity contribution in [3.63, 3.8) is 0 Å². The second-order valence-electron chi connectivity index (χ2n) is 6.94. The third kappa shape index (κ3) is 6.86. The number of benzene rings is 2. The van der Waals surface area contributed by atoms with Gasteiger partial charge >= 0.3 is 0 Å². The van der Waals surface area contributed by atoms with E-state index in [2.05, 4.69) is 5.32 Å². The number of nitrogens with zero attached hydrogens (tertiary/aromatic N) is 2. The van der Waals surface area contributed by atoms with E-state index in [1.807, 2.05) is 0 Å². The van der Waals surface area contributed by atoms with Gasteiger partial charge in [-0.25, -0.2) is 16.8 Å². The van der Waals surface area contributed by atoms with E-state index in [0.717, 1.165) is 16.8 Å². The van der Waals surface area contributed by atoms with E-state index in [4.69, 9.17) is 4.74 Å². The van der Waals surface area contributed by atoms with Gasteiger partial charge in [-0.3, -0.25) is 13.4 Å². The molecule has 0 unspecified atom stereocenters. The lowest BCUT2D eigenvalue weighted by molar-refractivity contribution is -0.116. The first-order valence-corrected chi connectivity index (χ1v) is 13.1. The second kappa shape index (κ2) is 10.0. The average Bonchev–Trinajstić information content (AvgIpc) is 2.69. The zero-order chi connectivity index (χ0) is 23.2. The summed E-state index contributed by atoms with van der Waals surface area (Å²) >= 11 is 0. The smallest absolute Gasteiger partial charge is 0.232 e. The van der Waals surface area contributed by atoms with Crippen LogP contribution in [0.1, 0.15) is 12.8 Å². The van der Waals surface area contributed by atoms with Gasteiger partial charge in [0.15, 0.2) is 0 Å². The van der Waals surface area contributed by atoms with Gasteiger partial charge in [0.05, 0.1) is 31.0 Å². The van der Waals surface area contributed by atoms with E-state index in [9.17, 15) is 21.6 Å². The van der Waals surface area contributed by atoms with Crippen LogP contribution in [0.15, 0.2) is 48.5 Å². The molecule has 0 bridgehead atoms. The maximum Gasteiger partial charge on any atom is 0.232 e. The number of sulfonamides is 2. The SMILES string of the molecule is COc1ccccc1N(CCCC(=O)Nc1cccc(N(C)S(C)(=O)=O)c1)S(C)(=O)=O. The van der Waals surface area contributed by atoms with E-state index in [0.29, 0.717) is 22.8 Å². The molecule has 0 saturated carbocycles. The first-order valence-electron chi connectivity index (χ1n) is 9.38. The third-order valence-corrected chi connectivity index (χ3v) is 6.90. The van der Waals surface area contributed by atoms with Crippen molar-refractivity contribution in [2.24, 2.45) is 0 Å². The number of rotatable bonds is 10. The Morgan fingerprint density at radius 1 is 1.00 bits per heavy atom. The predicted molar refractivity (Wildman–Crippen MR) is 123 cm³/mol. The van der Waals surface area contributed by atoms with Crippen LogP contribution in [-0.2, 0) is 24.8 Å². The van der Waals surface area contributed by atoms with E-state index in [1.165, 1.54) is 18.5 Å². The fraction of sp³-hybridized carbons (Fsp3) is 0.350. The summed E-state index contributed by atoms with van der Waals surface area (Å²) in [6.07, 6.45) is 2.55. The number of carbonyl (C=O) groups is 1. The highest BCUT2D eigenvalue weighted by Gasteiger charge is 2.21. The van der Waals surface area contributed by atoms with Crippen molar-refractivity contribution < 1.29 is 26.4 Å². The summed E-state index contributed by atoms with van der Waals surface area (Å²) in [4.78, 5) is 12.3. The Bertz CT molecular complexity index is 1130. The molecule has 0 atom stereocenters. The van der Waals surface area contributed by atoms with Crippen LogP contribution in [0.2, 0.25) is 0 Å². The molecule has 0 saturated heterocycles. The van der Waals surface area contributed by atoms with Crippen molar-refractivity contribution in [2.45, 2.75) is 12.8 Å². The summed E-state index contributed by atoms with van der Waals surface area (Å²) in [6.45, 7) is 0.101. The van der Waals surface area contributed by atoms with Gasteiger partial charge in [-0.2, -0.15) is 0 Å². The number of amides is 1. The monoisotopic (exact) mass is 469 g/mol. The molecule has 0 spiro atoms. The van der Waals surface area contributed by atoms with Crippen molar-refractivity contribution in [3.8, 4) is 5.75 Å². The van der Waals surface area contributed by atoms with Crippen LogP contribution in [0.3, 0.4) is 0 Å². The lowest BCUT2D eigenvalue weighted by Gasteiger charge is -2.24. The van der Waals surface area contributed by atoms with Gasteiger partial charge in [-0.05, 0) is 36.8 Å². The normalized spacial score (nSPS) is 11.6.